The second-order valence-electron chi connectivity index (χ2n) is 6.89. The van der Waals surface area contributed by atoms with Gasteiger partial charge in [-0.3, -0.25) is 4.90 Å². The van der Waals surface area contributed by atoms with E-state index >= 15 is 0 Å². The first kappa shape index (κ1) is 19.6. The molecule has 0 radical (unpaired) electrons. The van der Waals surface area contributed by atoms with Crippen molar-refractivity contribution >= 4 is 6.09 Å². The van der Waals surface area contributed by atoms with E-state index in [9.17, 15) is 18.0 Å². The Hall–Kier alpha value is -1.76. The first-order valence-corrected chi connectivity index (χ1v) is 8.39. The zero-order valence-electron chi connectivity index (χ0n) is 14.8. The molecule has 0 bridgehead atoms. The number of benzene rings is 1. The summed E-state index contributed by atoms with van der Waals surface area (Å²) < 4.78 is 42.1. The second-order valence-corrected chi connectivity index (χ2v) is 6.89. The summed E-state index contributed by atoms with van der Waals surface area (Å²) in [4.78, 5) is 15.5. The third-order valence-electron chi connectivity index (χ3n) is 5.02. The number of carbonyl (C=O) groups excluding carboxylic acids is 1. The maximum Gasteiger partial charge on any atom is 0.425 e. The Labute approximate surface area is 146 Å². The average Bonchev–Trinajstić information content (AvgIpc) is 2.55. The SMILES string of the molecule is CC(OC(=O)N1CCC(C)(N(C)Cc2ccccc2)CC1)C(F)(F)F. The molecule has 2 rings (SSSR count). The maximum atomic E-state index is 12.5. The van der Waals surface area contributed by atoms with Crippen LogP contribution in [0.15, 0.2) is 30.3 Å². The van der Waals surface area contributed by atoms with E-state index in [1.165, 1.54) is 10.5 Å². The van der Waals surface area contributed by atoms with Crippen LogP contribution in [-0.2, 0) is 11.3 Å². The van der Waals surface area contributed by atoms with Crippen molar-refractivity contribution in [2.24, 2.45) is 0 Å². The molecule has 0 aromatic heterocycles. The van der Waals surface area contributed by atoms with Gasteiger partial charge in [0, 0.05) is 25.2 Å². The predicted octanol–water partition coefficient (Wildman–Crippen LogP) is 4.06. The molecule has 1 saturated heterocycles. The summed E-state index contributed by atoms with van der Waals surface area (Å²) in [6.07, 6.45) is -6.14. The largest absolute Gasteiger partial charge is 0.437 e. The lowest BCUT2D eigenvalue weighted by Crippen LogP contribution is -2.53. The minimum atomic E-state index is -4.53. The molecule has 0 saturated carbocycles. The molecule has 25 heavy (non-hydrogen) atoms. The zero-order chi connectivity index (χ0) is 18.7. The van der Waals surface area contributed by atoms with Gasteiger partial charge >= 0.3 is 12.3 Å². The summed E-state index contributed by atoms with van der Waals surface area (Å²) in [5.74, 6) is 0. The molecule has 0 aliphatic carbocycles. The van der Waals surface area contributed by atoms with Crippen molar-refractivity contribution in [1.82, 2.24) is 9.80 Å². The van der Waals surface area contributed by atoms with Crippen molar-refractivity contribution < 1.29 is 22.7 Å². The van der Waals surface area contributed by atoms with Crippen molar-refractivity contribution in [1.29, 1.82) is 0 Å². The summed E-state index contributed by atoms with van der Waals surface area (Å²) >= 11 is 0. The number of amides is 1. The first-order chi connectivity index (χ1) is 11.6. The van der Waals surface area contributed by atoms with Crippen molar-refractivity contribution in [3.05, 3.63) is 35.9 Å². The molecule has 0 N–H and O–H groups in total. The van der Waals surface area contributed by atoms with Crippen LogP contribution >= 0.6 is 0 Å². The molecule has 4 nitrogen and oxygen atoms in total. The van der Waals surface area contributed by atoms with Gasteiger partial charge < -0.3 is 9.64 Å². The number of alkyl halides is 3. The minimum absolute atomic E-state index is 0.109. The van der Waals surface area contributed by atoms with Gasteiger partial charge in [-0.15, -0.1) is 0 Å². The molecule has 7 heteroatoms. The standard InChI is InChI=1S/C18H25F3N2O2/c1-14(18(19,20)21)25-16(24)23-11-9-17(2,10-12-23)22(3)13-15-7-5-4-6-8-15/h4-8,14H,9-13H2,1-3H3. The second kappa shape index (κ2) is 7.64. The summed E-state index contributed by atoms with van der Waals surface area (Å²) in [5, 5.41) is 0. The fourth-order valence-corrected chi connectivity index (χ4v) is 2.89. The molecule has 140 valence electrons. The fourth-order valence-electron chi connectivity index (χ4n) is 2.89. The van der Waals surface area contributed by atoms with E-state index in [-0.39, 0.29) is 5.54 Å². The summed E-state index contributed by atoms with van der Waals surface area (Å²) in [5.41, 5.74) is 1.09. The predicted molar refractivity (Wildman–Crippen MR) is 89.1 cm³/mol. The van der Waals surface area contributed by atoms with Crippen LogP contribution in [0.25, 0.3) is 0 Å². The number of ether oxygens (including phenoxy) is 1. The van der Waals surface area contributed by atoms with Crippen LogP contribution in [0, 0.1) is 0 Å². The van der Waals surface area contributed by atoms with Gasteiger partial charge in [0.05, 0.1) is 0 Å². The van der Waals surface area contributed by atoms with Gasteiger partial charge in [-0.2, -0.15) is 13.2 Å². The molecule has 1 aliphatic heterocycles. The number of halogens is 3. The summed E-state index contributed by atoms with van der Waals surface area (Å²) in [7, 11) is 2.03. The van der Waals surface area contributed by atoms with Crippen LogP contribution in [0.1, 0.15) is 32.3 Å². The lowest BCUT2D eigenvalue weighted by atomic mass is 9.88. The van der Waals surface area contributed by atoms with E-state index in [2.05, 4.69) is 28.7 Å². The normalized spacial score (nSPS) is 18.9. The van der Waals surface area contributed by atoms with E-state index in [1.54, 1.807) is 0 Å². The summed E-state index contributed by atoms with van der Waals surface area (Å²) in [6, 6.07) is 10.1. The van der Waals surface area contributed by atoms with E-state index in [4.69, 9.17) is 0 Å². The van der Waals surface area contributed by atoms with E-state index < -0.39 is 18.4 Å². The van der Waals surface area contributed by atoms with Gasteiger partial charge in [-0.25, -0.2) is 4.79 Å². The van der Waals surface area contributed by atoms with E-state index in [1.807, 2.05) is 25.2 Å². The van der Waals surface area contributed by atoms with Gasteiger partial charge in [0.1, 0.15) is 0 Å². The van der Waals surface area contributed by atoms with Crippen molar-refractivity contribution in [3.8, 4) is 0 Å². The number of piperidine rings is 1. The molecule has 0 spiro atoms. The Balaban J connectivity index is 1.88. The van der Waals surface area contributed by atoms with Crippen molar-refractivity contribution in [3.63, 3.8) is 0 Å². The molecule has 1 aromatic carbocycles. The smallest absolute Gasteiger partial charge is 0.425 e. The highest BCUT2D eigenvalue weighted by Crippen LogP contribution is 2.30. The number of carbonyl (C=O) groups is 1. The zero-order valence-corrected chi connectivity index (χ0v) is 14.8. The number of hydrogen-bond acceptors (Lipinski definition) is 3. The highest BCUT2D eigenvalue weighted by molar-refractivity contribution is 5.68. The lowest BCUT2D eigenvalue weighted by Gasteiger charge is -2.45. The van der Waals surface area contributed by atoms with Crippen LogP contribution in [0.4, 0.5) is 18.0 Å². The third kappa shape index (κ3) is 5.11. The highest BCUT2D eigenvalue weighted by atomic mass is 19.4. The Morgan fingerprint density at radius 3 is 2.36 bits per heavy atom. The quantitative estimate of drug-likeness (QED) is 0.814. The van der Waals surface area contributed by atoms with Gasteiger partial charge in [0.2, 0.25) is 0 Å². The molecular formula is C18H25F3N2O2. The molecule has 1 amide bonds. The number of hydrogen-bond donors (Lipinski definition) is 0. The number of rotatable bonds is 4. The maximum absolute atomic E-state index is 12.5. The fraction of sp³-hybridized carbons (Fsp3) is 0.611. The third-order valence-corrected chi connectivity index (χ3v) is 5.02. The van der Waals surface area contributed by atoms with Crippen LogP contribution in [-0.4, -0.2) is 53.8 Å². The lowest BCUT2D eigenvalue weighted by molar-refractivity contribution is -0.200. The molecular weight excluding hydrogens is 333 g/mol. The van der Waals surface area contributed by atoms with Crippen LogP contribution in [0.3, 0.4) is 0 Å². The van der Waals surface area contributed by atoms with Crippen molar-refractivity contribution in [2.45, 2.75) is 51.1 Å². The Morgan fingerprint density at radius 2 is 1.84 bits per heavy atom. The van der Waals surface area contributed by atoms with Crippen LogP contribution < -0.4 is 0 Å². The van der Waals surface area contributed by atoms with Gasteiger partial charge in [-0.05, 0) is 39.3 Å². The summed E-state index contributed by atoms with van der Waals surface area (Å²) in [6.45, 7) is 4.53. The first-order valence-electron chi connectivity index (χ1n) is 8.39. The molecule has 1 unspecified atom stereocenters. The van der Waals surface area contributed by atoms with Crippen LogP contribution in [0.5, 0.6) is 0 Å². The molecule has 1 aromatic rings. The Bertz CT molecular complexity index is 569. The van der Waals surface area contributed by atoms with Gasteiger partial charge in [-0.1, -0.05) is 30.3 Å². The average molecular weight is 358 g/mol. The molecule has 1 heterocycles. The Kier molecular flexibility index (Phi) is 5.98. The molecule has 1 aliphatic rings. The molecule has 1 fully saturated rings. The van der Waals surface area contributed by atoms with Gasteiger partial charge in [0.25, 0.3) is 0 Å². The monoisotopic (exact) mass is 358 g/mol. The number of nitrogens with zero attached hydrogens (tertiary/aromatic N) is 2. The highest BCUT2D eigenvalue weighted by Gasteiger charge is 2.41. The topological polar surface area (TPSA) is 32.8 Å². The van der Waals surface area contributed by atoms with E-state index in [0.29, 0.717) is 25.9 Å². The molecule has 1 atom stereocenters. The minimum Gasteiger partial charge on any atom is -0.437 e. The van der Waals surface area contributed by atoms with Gasteiger partial charge in [0.15, 0.2) is 6.10 Å². The van der Waals surface area contributed by atoms with E-state index in [0.717, 1.165) is 13.5 Å². The van der Waals surface area contributed by atoms with Crippen molar-refractivity contribution in [2.75, 3.05) is 20.1 Å². The van der Waals surface area contributed by atoms with Crippen LogP contribution in [0.2, 0.25) is 0 Å². The Morgan fingerprint density at radius 1 is 1.28 bits per heavy atom. The number of likely N-dealkylation sites (tertiary alicyclic amines) is 1.